The van der Waals surface area contributed by atoms with Gasteiger partial charge in [-0.1, -0.05) is 6.92 Å². The molecule has 9 heavy (non-hydrogen) atoms. The summed E-state index contributed by atoms with van der Waals surface area (Å²) in [7, 11) is 0. The average Bonchev–Trinajstić information content (AvgIpc) is 1.87. The van der Waals surface area contributed by atoms with Gasteiger partial charge in [-0.15, -0.1) is 0 Å². The molecule has 0 radical (unpaired) electrons. The Morgan fingerprint density at radius 1 is 1.78 bits per heavy atom. The number of carbonyl (C=O) groups excluding carboxylic acids is 1. The molecule has 3 N–H and O–H groups in total. The van der Waals surface area contributed by atoms with Gasteiger partial charge >= 0.3 is 0 Å². The Morgan fingerprint density at radius 3 is 2.67 bits per heavy atom. The summed E-state index contributed by atoms with van der Waals surface area (Å²) < 4.78 is 0. The maximum atomic E-state index is 10.6. The molecule has 3 nitrogen and oxygen atoms in total. The standard InChI is InChI=1S/C6H13NO2/c1-5(2-3-7)6(9)4-8/h5,8H,2-4,7H2,1H3. The fourth-order valence-corrected chi connectivity index (χ4v) is 0.567. The second-order valence-electron chi connectivity index (χ2n) is 2.10. The lowest BCUT2D eigenvalue weighted by molar-refractivity contribution is -0.125. The first-order valence-corrected chi connectivity index (χ1v) is 3.06. The summed E-state index contributed by atoms with van der Waals surface area (Å²) in [5, 5.41) is 8.34. The normalized spacial score (nSPS) is 13.2. The second kappa shape index (κ2) is 4.47. The Kier molecular flexibility index (Phi) is 4.26. The average molecular weight is 131 g/mol. The molecular weight excluding hydrogens is 118 g/mol. The van der Waals surface area contributed by atoms with Gasteiger partial charge in [0.1, 0.15) is 6.61 Å². The summed E-state index contributed by atoms with van der Waals surface area (Å²) in [6.07, 6.45) is 0.666. The zero-order chi connectivity index (χ0) is 7.28. The van der Waals surface area contributed by atoms with Crippen LogP contribution in [-0.2, 0) is 4.79 Å². The number of aliphatic hydroxyl groups excluding tert-OH is 1. The van der Waals surface area contributed by atoms with Gasteiger partial charge in [-0.05, 0) is 13.0 Å². The highest BCUT2D eigenvalue weighted by Crippen LogP contribution is 1.99. The van der Waals surface area contributed by atoms with Gasteiger partial charge in [-0.2, -0.15) is 0 Å². The Labute approximate surface area is 54.9 Å². The van der Waals surface area contributed by atoms with E-state index in [1.807, 2.05) is 0 Å². The lowest BCUT2D eigenvalue weighted by Crippen LogP contribution is -2.18. The minimum absolute atomic E-state index is 0.0833. The van der Waals surface area contributed by atoms with E-state index in [1.165, 1.54) is 0 Å². The molecule has 1 atom stereocenters. The first-order valence-electron chi connectivity index (χ1n) is 3.06. The molecule has 0 aromatic rings. The van der Waals surface area contributed by atoms with E-state index < -0.39 is 0 Å². The maximum absolute atomic E-state index is 10.6. The van der Waals surface area contributed by atoms with Crippen LogP contribution in [0.4, 0.5) is 0 Å². The van der Waals surface area contributed by atoms with E-state index in [0.29, 0.717) is 13.0 Å². The highest BCUT2D eigenvalue weighted by molar-refractivity contribution is 5.81. The van der Waals surface area contributed by atoms with Crippen molar-refractivity contribution in [3.63, 3.8) is 0 Å². The van der Waals surface area contributed by atoms with Crippen LogP contribution in [0.5, 0.6) is 0 Å². The van der Waals surface area contributed by atoms with Gasteiger partial charge in [-0.3, -0.25) is 4.79 Å². The molecule has 0 aliphatic rings. The van der Waals surface area contributed by atoms with E-state index in [0.717, 1.165) is 0 Å². The molecule has 54 valence electrons. The zero-order valence-electron chi connectivity index (χ0n) is 5.63. The number of hydrogen-bond acceptors (Lipinski definition) is 3. The third-order valence-corrected chi connectivity index (χ3v) is 1.31. The van der Waals surface area contributed by atoms with E-state index in [-0.39, 0.29) is 18.3 Å². The van der Waals surface area contributed by atoms with Crippen molar-refractivity contribution < 1.29 is 9.90 Å². The van der Waals surface area contributed by atoms with Crippen LogP contribution in [0, 0.1) is 5.92 Å². The monoisotopic (exact) mass is 131 g/mol. The predicted octanol–water partition coefficient (Wildman–Crippen LogP) is -0.467. The predicted molar refractivity (Wildman–Crippen MR) is 34.9 cm³/mol. The Balaban J connectivity index is 3.45. The fraction of sp³-hybridized carbons (Fsp3) is 0.833. The van der Waals surface area contributed by atoms with Gasteiger partial charge in [0.2, 0.25) is 0 Å². The summed E-state index contributed by atoms with van der Waals surface area (Å²) >= 11 is 0. The lowest BCUT2D eigenvalue weighted by Gasteiger charge is -2.04. The number of carbonyl (C=O) groups is 1. The van der Waals surface area contributed by atoms with E-state index in [4.69, 9.17) is 10.8 Å². The molecule has 0 aromatic heterocycles. The number of Topliss-reactive ketones (excluding diaryl/α,β-unsaturated/α-hetero) is 1. The topological polar surface area (TPSA) is 63.3 Å². The van der Waals surface area contributed by atoms with Crippen LogP contribution >= 0.6 is 0 Å². The van der Waals surface area contributed by atoms with Crippen LogP contribution in [0.1, 0.15) is 13.3 Å². The van der Waals surface area contributed by atoms with Gasteiger partial charge in [0.05, 0.1) is 0 Å². The third kappa shape index (κ3) is 3.21. The Morgan fingerprint density at radius 2 is 2.33 bits per heavy atom. The minimum atomic E-state index is -0.360. The van der Waals surface area contributed by atoms with Gasteiger partial charge < -0.3 is 10.8 Å². The van der Waals surface area contributed by atoms with Crippen LogP contribution in [0.25, 0.3) is 0 Å². The first-order chi connectivity index (χ1) is 4.22. The summed E-state index contributed by atoms with van der Waals surface area (Å²) in [4.78, 5) is 10.6. The van der Waals surface area contributed by atoms with Gasteiger partial charge in [0.25, 0.3) is 0 Å². The minimum Gasteiger partial charge on any atom is -0.389 e. The molecule has 0 aromatic carbocycles. The second-order valence-corrected chi connectivity index (χ2v) is 2.10. The van der Waals surface area contributed by atoms with Crippen molar-refractivity contribution in [2.75, 3.05) is 13.2 Å². The summed E-state index contributed by atoms with van der Waals surface area (Å²) in [6, 6.07) is 0. The lowest BCUT2D eigenvalue weighted by atomic mass is 10.0. The van der Waals surface area contributed by atoms with Crippen LogP contribution in [0.3, 0.4) is 0 Å². The van der Waals surface area contributed by atoms with Crippen molar-refractivity contribution in [3.05, 3.63) is 0 Å². The van der Waals surface area contributed by atoms with Gasteiger partial charge in [0, 0.05) is 5.92 Å². The van der Waals surface area contributed by atoms with E-state index in [2.05, 4.69) is 0 Å². The molecule has 3 heteroatoms. The summed E-state index contributed by atoms with van der Waals surface area (Å²) in [5.74, 6) is -0.208. The molecule has 0 aliphatic heterocycles. The van der Waals surface area contributed by atoms with E-state index >= 15 is 0 Å². The molecular formula is C6H13NO2. The van der Waals surface area contributed by atoms with Gasteiger partial charge in [-0.25, -0.2) is 0 Å². The van der Waals surface area contributed by atoms with Gasteiger partial charge in [0.15, 0.2) is 5.78 Å². The molecule has 0 spiro atoms. The van der Waals surface area contributed by atoms with Crippen molar-refractivity contribution in [1.82, 2.24) is 0 Å². The Hall–Kier alpha value is -0.410. The molecule has 1 unspecified atom stereocenters. The molecule has 0 bridgehead atoms. The van der Waals surface area contributed by atoms with Crippen LogP contribution in [0.15, 0.2) is 0 Å². The highest BCUT2D eigenvalue weighted by atomic mass is 16.3. The molecule has 0 heterocycles. The van der Waals surface area contributed by atoms with Crippen molar-refractivity contribution in [3.8, 4) is 0 Å². The van der Waals surface area contributed by atoms with E-state index in [1.54, 1.807) is 6.92 Å². The number of nitrogens with two attached hydrogens (primary N) is 1. The number of hydrogen-bond donors (Lipinski definition) is 2. The highest BCUT2D eigenvalue weighted by Gasteiger charge is 2.08. The summed E-state index contributed by atoms with van der Waals surface area (Å²) in [6.45, 7) is 1.92. The third-order valence-electron chi connectivity index (χ3n) is 1.31. The van der Waals surface area contributed by atoms with Crippen molar-refractivity contribution in [1.29, 1.82) is 0 Å². The number of aliphatic hydroxyl groups is 1. The molecule has 0 aliphatic carbocycles. The van der Waals surface area contributed by atoms with Crippen LogP contribution in [-0.4, -0.2) is 24.0 Å². The molecule has 0 saturated carbocycles. The van der Waals surface area contributed by atoms with Crippen molar-refractivity contribution >= 4 is 5.78 Å². The zero-order valence-corrected chi connectivity index (χ0v) is 5.63. The van der Waals surface area contributed by atoms with Crippen molar-refractivity contribution in [2.45, 2.75) is 13.3 Å². The number of rotatable bonds is 4. The molecule has 0 fully saturated rings. The molecule has 0 saturated heterocycles. The SMILES string of the molecule is CC(CCN)C(=O)CO. The van der Waals surface area contributed by atoms with E-state index in [9.17, 15) is 4.79 Å². The molecule has 0 amide bonds. The maximum Gasteiger partial charge on any atom is 0.161 e. The molecule has 0 rings (SSSR count). The van der Waals surface area contributed by atoms with Crippen LogP contribution < -0.4 is 5.73 Å². The number of ketones is 1. The Bertz CT molecular complexity index is 93.1. The largest absolute Gasteiger partial charge is 0.389 e. The first kappa shape index (κ1) is 8.59. The smallest absolute Gasteiger partial charge is 0.161 e. The van der Waals surface area contributed by atoms with Crippen molar-refractivity contribution in [2.24, 2.45) is 11.7 Å². The quantitative estimate of drug-likeness (QED) is 0.542. The van der Waals surface area contributed by atoms with Crippen LogP contribution in [0.2, 0.25) is 0 Å². The summed E-state index contributed by atoms with van der Waals surface area (Å²) in [5.41, 5.74) is 5.19. The fourth-order valence-electron chi connectivity index (χ4n) is 0.567.